The normalized spacial score (nSPS) is 13.3. The van der Waals surface area contributed by atoms with Gasteiger partial charge in [-0.2, -0.15) is 13.2 Å². The summed E-state index contributed by atoms with van der Waals surface area (Å²) in [5, 5.41) is 8.93. The first kappa shape index (κ1) is 23.9. The first-order chi connectivity index (χ1) is 16.7. The van der Waals surface area contributed by atoms with Gasteiger partial charge in [-0.25, -0.2) is 15.0 Å². The maximum absolute atomic E-state index is 13.9. The number of imidazole rings is 1. The molecule has 4 rings (SSSR count). The fourth-order valence-electron chi connectivity index (χ4n) is 3.40. The Labute approximate surface area is 197 Å². The van der Waals surface area contributed by atoms with Gasteiger partial charge in [-0.15, -0.1) is 0 Å². The number of ether oxygens (including phenoxy) is 1. The predicted molar refractivity (Wildman–Crippen MR) is 120 cm³/mol. The smallest absolute Gasteiger partial charge is 0.429 e. The lowest BCUT2D eigenvalue weighted by molar-refractivity contribution is -0.198. The highest BCUT2D eigenvalue weighted by Crippen LogP contribution is 2.37. The van der Waals surface area contributed by atoms with Gasteiger partial charge in [-0.05, 0) is 12.0 Å². The molecule has 2 aromatic carbocycles. The fraction of sp³-hybridized carbons (Fsp3) is 0.167. The summed E-state index contributed by atoms with van der Waals surface area (Å²) in [4.78, 5) is 25.9. The highest BCUT2D eigenvalue weighted by Gasteiger charge is 2.43. The Morgan fingerprint density at radius 1 is 1.03 bits per heavy atom. The van der Waals surface area contributed by atoms with E-state index in [-0.39, 0.29) is 17.9 Å². The van der Waals surface area contributed by atoms with Gasteiger partial charge in [0.25, 0.3) is 0 Å². The van der Waals surface area contributed by atoms with Gasteiger partial charge >= 0.3 is 12.1 Å². The van der Waals surface area contributed by atoms with Gasteiger partial charge in [0.05, 0.1) is 5.69 Å². The van der Waals surface area contributed by atoms with Crippen molar-refractivity contribution in [2.45, 2.75) is 24.7 Å². The predicted octanol–water partition coefficient (Wildman–Crippen LogP) is 4.17. The Balaban J connectivity index is 1.54. The van der Waals surface area contributed by atoms with Crippen LogP contribution in [0.25, 0.3) is 22.6 Å². The summed E-state index contributed by atoms with van der Waals surface area (Å²) in [6, 6.07) is 12.7. The number of carboxylic acids is 1. The number of nitrogens with zero attached hydrogens (tertiary/aromatic N) is 3. The van der Waals surface area contributed by atoms with Crippen LogP contribution in [0.2, 0.25) is 0 Å². The van der Waals surface area contributed by atoms with Crippen molar-refractivity contribution in [1.82, 2.24) is 19.9 Å². The van der Waals surface area contributed by atoms with Crippen molar-refractivity contribution in [2.24, 2.45) is 5.73 Å². The average molecular weight is 483 g/mol. The van der Waals surface area contributed by atoms with Crippen molar-refractivity contribution in [3.63, 3.8) is 0 Å². The summed E-state index contributed by atoms with van der Waals surface area (Å²) >= 11 is 0. The number of nitrogens with two attached hydrogens (primary N) is 1. The van der Waals surface area contributed by atoms with Crippen LogP contribution in [0.4, 0.5) is 13.2 Å². The second-order valence-electron chi connectivity index (χ2n) is 7.69. The Morgan fingerprint density at radius 3 is 2.31 bits per heavy atom. The van der Waals surface area contributed by atoms with E-state index in [1.807, 2.05) is 0 Å². The minimum atomic E-state index is -4.69. The number of carboxylic acid groups (broad SMARTS) is 1. The van der Waals surface area contributed by atoms with E-state index in [4.69, 9.17) is 15.6 Å². The number of aromatic amines is 1. The molecular weight excluding hydrogens is 463 g/mol. The monoisotopic (exact) mass is 483 g/mol. The Morgan fingerprint density at radius 2 is 1.71 bits per heavy atom. The van der Waals surface area contributed by atoms with Gasteiger partial charge in [0, 0.05) is 35.2 Å². The van der Waals surface area contributed by atoms with Crippen molar-refractivity contribution in [3.05, 3.63) is 84.4 Å². The van der Waals surface area contributed by atoms with E-state index in [0.29, 0.717) is 28.2 Å². The first-order valence-electron chi connectivity index (χ1n) is 10.4. The molecule has 0 saturated carbocycles. The molecule has 2 aromatic heterocycles. The zero-order valence-electron chi connectivity index (χ0n) is 18.1. The van der Waals surface area contributed by atoms with E-state index in [2.05, 4.69) is 19.9 Å². The van der Waals surface area contributed by atoms with Crippen molar-refractivity contribution < 1.29 is 27.8 Å². The van der Waals surface area contributed by atoms with Gasteiger partial charge in [-0.1, -0.05) is 48.5 Å². The maximum atomic E-state index is 13.9. The average Bonchev–Trinajstić information content (AvgIpc) is 3.38. The number of hydrogen-bond acceptors (Lipinski definition) is 6. The number of alkyl halides is 3. The highest BCUT2D eigenvalue weighted by atomic mass is 19.4. The molecule has 2 heterocycles. The van der Waals surface area contributed by atoms with Gasteiger partial charge in [0.1, 0.15) is 18.2 Å². The minimum Gasteiger partial charge on any atom is -0.480 e. The molecule has 0 aliphatic heterocycles. The van der Waals surface area contributed by atoms with Crippen LogP contribution in [0.15, 0.2) is 73.3 Å². The molecule has 0 saturated heterocycles. The number of nitrogens with one attached hydrogen (secondary N) is 1. The fourth-order valence-corrected chi connectivity index (χ4v) is 3.40. The molecule has 11 heteroatoms. The lowest BCUT2D eigenvalue weighted by Crippen LogP contribution is -2.32. The third-order valence-corrected chi connectivity index (χ3v) is 5.19. The number of aromatic nitrogens is 4. The third-order valence-electron chi connectivity index (χ3n) is 5.19. The van der Waals surface area contributed by atoms with Gasteiger partial charge in [-0.3, -0.25) is 4.79 Å². The molecule has 0 spiro atoms. The molecule has 4 N–H and O–H groups in total. The number of halogens is 3. The number of H-pyrrole nitrogens is 1. The van der Waals surface area contributed by atoms with Crippen LogP contribution in [0, 0.1) is 0 Å². The quantitative estimate of drug-likeness (QED) is 0.343. The molecule has 1 unspecified atom stereocenters. The molecule has 8 nitrogen and oxygen atoms in total. The Hall–Kier alpha value is -4.25. The second-order valence-corrected chi connectivity index (χ2v) is 7.69. The highest BCUT2D eigenvalue weighted by molar-refractivity contribution is 5.73. The maximum Gasteiger partial charge on any atom is 0.429 e. The second kappa shape index (κ2) is 9.94. The van der Waals surface area contributed by atoms with Crippen molar-refractivity contribution in [3.8, 4) is 28.5 Å². The zero-order valence-corrected chi connectivity index (χ0v) is 18.1. The number of rotatable bonds is 8. The van der Waals surface area contributed by atoms with Gasteiger partial charge < -0.3 is 20.6 Å². The van der Waals surface area contributed by atoms with E-state index in [1.54, 1.807) is 36.7 Å². The summed E-state index contributed by atoms with van der Waals surface area (Å²) in [5.41, 5.74) is 7.73. The molecule has 4 aromatic rings. The summed E-state index contributed by atoms with van der Waals surface area (Å²) in [6.07, 6.45) is -2.50. The van der Waals surface area contributed by atoms with Gasteiger partial charge in [0.15, 0.2) is 0 Å². The third kappa shape index (κ3) is 5.82. The van der Waals surface area contributed by atoms with Crippen LogP contribution >= 0.6 is 0 Å². The van der Waals surface area contributed by atoms with E-state index in [9.17, 15) is 18.0 Å². The van der Waals surface area contributed by atoms with Gasteiger partial charge in [0.2, 0.25) is 12.0 Å². The molecule has 180 valence electrons. The van der Waals surface area contributed by atoms with Crippen LogP contribution in [-0.2, 0) is 11.2 Å². The Bertz CT molecular complexity index is 1280. The SMILES string of the molecule is N[C@@H](Cc1ccc(-c2cc(OC(c3ccc(-c4ncc[nH]4)cc3)C(F)(F)F)ncn2)cc1)C(=O)O. The summed E-state index contributed by atoms with van der Waals surface area (Å²) in [7, 11) is 0. The number of benzene rings is 2. The van der Waals surface area contributed by atoms with E-state index >= 15 is 0 Å². The lowest BCUT2D eigenvalue weighted by Gasteiger charge is -2.22. The molecule has 0 fully saturated rings. The van der Waals surface area contributed by atoms with E-state index in [1.165, 1.54) is 30.3 Å². The Kier molecular flexibility index (Phi) is 6.78. The number of aliphatic carboxylic acids is 1. The van der Waals surface area contributed by atoms with Crippen LogP contribution < -0.4 is 10.5 Å². The van der Waals surface area contributed by atoms with E-state index < -0.39 is 24.3 Å². The summed E-state index contributed by atoms with van der Waals surface area (Å²) in [6.45, 7) is 0. The first-order valence-corrected chi connectivity index (χ1v) is 10.4. The molecule has 35 heavy (non-hydrogen) atoms. The van der Waals surface area contributed by atoms with Crippen molar-refractivity contribution >= 4 is 5.97 Å². The molecule has 0 radical (unpaired) electrons. The summed E-state index contributed by atoms with van der Waals surface area (Å²) < 4.78 is 46.8. The number of carbonyl (C=O) groups is 1. The number of hydrogen-bond donors (Lipinski definition) is 3. The van der Waals surface area contributed by atoms with Crippen molar-refractivity contribution in [1.29, 1.82) is 0 Å². The largest absolute Gasteiger partial charge is 0.480 e. The molecule has 2 atom stereocenters. The lowest BCUT2D eigenvalue weighted by atomic mass is 10.0. The summed E-state index contributed by atoms with van der Waals surface area (Å²) in [5.74, 6) is -0.816. The van der Waals surface area contributed by atoms with Crippen molar-refractivity contribution in [2.75, 3.05) is 0 Å². The molecule has 0 aliphatic carbocycles. The zero-order chi connectivity index (χ0) is 25.0. The van der Waals surface area contributed by atoms with Crippen LogP contribution in [0.3, 0.4) is 0 Å². The van der Waals surface area contributed by atoms with Crippen LogP contribution in [0.5, 0.6) is 5.88 Å². The van der Waals surface area contributed by atoms with Crippen LogP contribution in [-0.4, -0.2) is 43.2 Å². The minimum absolute atomic E-state index is 0.0907. The van der Waals surface area contributed by atoms with E-state index in [0.717, 1.165) is 6.33 Å². The molecule has 0 bridgehead atoms. The molecule has 0 amide bonds. The topological polar surface area (TPSA) is 127 Å². The standard InChI is InChI=1S/C24H20F3N5O3/c25-24(26,27)21(16-5-7-17(8-6-16)22-29-9-10-30-22)35-20-12-19(31-13-32-20)15-3-1-14(2-4-15)11-18(28)23(33)34/h1-10,12-13,18,21H,11,28H2,(H,29,30)(H,33,34)/t18-,21?/m0/s1. The molecule has 0 aliphatic rings. The molecular formula is C24H20F3N5O3. The van der Waals surface area contributed by atoms with Crippen LogP contribution in [0.1, 0.15) is 17.2 Å².